The van der Waals surface area contributed by atoms with Crippen molar-refractivity contribution in [2.45, 2.75) is 39.8 Å². The molecule has 106 valence electrons. The Balaban J connectivity index is 2.98. The van der Waals surface area contributed by atoms with E-state index in [2.05, 4.69) is 0 Å². The van der Waals surface area contributed by atoms with Gasteiger partial charge in [-0.05, 0) is 26.3 Å². The summed E-state index contributed by atoms with van der Waals surface area (Å²) in [6, 6.07) is 3.58. The molecule has 0 aliphatic rings. The van der Waals surface area contributed by atoms with Crippen LogP contribution in [0, 0.1) is 11.3 Å². The predicted octanol–water partition coefficient (Wildman–Crippen LogP) is 3.87. The van der Waals surface area contributed by atoms with E-state index in [0.29, 0.717) is 25.4 Å². The highest BCUT2D eigenvalue weighted by Crippen LogP contribution is 2.52. The van der Waals surface area contributed by atoms with Crippen LogP contribution in [0.15, 0.2) is 10.5 Å². The molecule has 0 aliphatic heterocycles. The van der Waals surface area contributed by atoms with Gasteiger partial charge in [0, 0.05) is 12.0 Å². The average molecular weight is 285 g/mol. The first-order chi connectivity index (χ1) is 9.08. The normalized spacial score (nSPS) is 11.5. The van der Waals surface area contributed by atoms with Crippen LogP contribution >= 0.6 is 7.60 Å². The molecule has 19 heavy (non-hydrogen) atoms. The highest BCUT2D eigenvalue weighted by Gasteiger charge is 2.27. The highest BCUT2D eigenvalue weighted by atomic mass is 31.2. The molecule has 0 aromatic carbocycles. The molecule has 0 bridgehead atoms. The van der Waals surface area contributed by atoms with E-state index in [9.17, 15) is 4.57 Å². The Morgan fingerprint density at radius 3 is 2.42 bits per heavy atom. The smallest absolute Gasteiger partial charge is 0.335 e. The fraction of sp³-hybridized carbons (Fsp3) is 0.615. The van der Waals surface area contributed by atoms with Crippen molar-refractivity contribution in [1.29, 1.82) is 5.26 Å². The van der Waals surface area contributed by atoms with Crippen LogP contribution in [0.1, 0.15) is 44.3 Å². The molecule has 0 saturated carbocycles. The summed E-state index contributed by atoms with van der Waals surface area (Å²) in [6.07, 6.45) is 1.74. The minimum atomic E-state index is -3.16. The van der Waals surface area contributed by atoms with Gasteiger partial charge in [-0.15, -0.1) is 0 Å². The van der Waals surface area contributed by atoms with E-state index in [-0.39, 0.29) is 11.9 Å². The van der Waals surface area contributed by atoms with Gasteiger partial charge in [0.2, 0.25) is 5.76 Å². The van der Waals surface area contributed by atoms with Crippen LogP contribution in [-0.2, 0) is 26.2 Å². The molecule has 1 aromatic rings. The van der Waals surface area contributed by atoms with Gasteiger partial charge in [-0.2, -0.15) is 5.26 Å². The molecule has 0 aliphatic carbocycles. The summed E-state index contributed by atoms with van der Waals surface area (Å²) in [7, 11) is -3.16. The van der Waals surface area contributed by atoms with Gasteiger partial charge in [0.05, 0.1) is 19.4 Å². The molecule has 1 rings (SSSR count). The zero-order valence-corrected chi connectivity index (χ0v) is 12.5. The molecular weight excluding hydrogens is 265 g/mol. The monoisotopic (exact) mass is 285 g/mol. The number of hydrogen-bond donors (Lipinski definition) is 0. The third-order valence-corrected chi connectivity index (χ3v) is 4.53. The van der Waals surface area contributed by atoms with Gasteiger partial charge in [0.1, 0.15) is 11.8 Å². The van der Waals surface area contributed by atoms with E-state index in [1.807, 2.05) is 13.0 Å². The summed E-state index contributed by atoms with van der Waals surface area (Å²) in [5, 5.41) is 8.87. The summed E-state index contributed by atoms with van der Waals surface area (Å²) in [4.78, 5) is 0. The number of hydrogen-bond acceptors (Lipinski definition) is 5. The SMILES string of the molecule is CCCc1oc(C#N)cc1CP(=O)(OCC)OCC. The number of rotatable bonds is 8. The van der Waals surface area contributed by atoms with E-state index in [0.717, 1.165) is 12.0 Å². The third kappa shape index (κ3) is 4.50. The van der Waals surface area contributed by atoms with E-state index in [1.54, 1.807) is 19.9 Å². The van der Waals surface area contributed by atoms with Crippen LogP contribution in [0.3, 0.4) is 0 Å². The van der Waals surface area contributed by atoms with Crippen molar-refractivity contribution in [3.05, 3.63) is 23.2 Å². The van der Waals surface area contributed by atoms with E-state index >= 15 is 0 Å². The largest absolute Gasteiger partial charge is 0.450 e. The predicted molar refractivity (Wildman–Crippen MR) is 72.0 cm³/mol. The Kier molecular flexibility index (Phi) is 6.30. The molecule has 0 unspecified atom stereocenters. The van der Waals surface area contributed by atoms with Crippen molar-refractivity contribution in [3.8, 4) is 6.07 Å². The minimum Gasteiger partial charge on any atom is -0.450 e. The van der Waals surface area contributed by atoms with Crippen molar-refractivity contribution in [2.75, 3.05) is 13.2 Å². The highest BCUT2D eigenvalue weighted by molar-refractivity contribution is 7.53. The summed E-state index contributed by atoms with van der Waals surface area (Å²) < 4.78 is 28.4. The van der Waals surface area contributed by atoms with Crippen molar-refractivity contribution in [2.24, 2.45) is 0 Å². The standard InChI is InChI=1S/C13H20NO4P/c1-4-7-13-11(8-12(9-14)18-13)10-19(15,16-5-2)17-6-3/h8H,4-7,10H2,1-3H3. The molecule has 5 nitrogen and oxygen atoms in total. The molecule has 1 heterocycles. The Bertz CT molecular complexity index is 479. The van der Waals surface area contributed by atoms with E-state index in [4.69, 9.17) is 18.7 Å². The number of aryl methyl sites for hydroxylation is 1. The lowest BCUT2D eigenvalue weighted by Crippen LogP contribution is -2.00. The fourth-order valence-corrected chi connectivity index (χ4v) is 3.55. The lowest BCUT2D eigenvalue weighted by molar-refractivity contribution is 0.219. The van der Waals surface area contributed by atoms with Crippen LogP contribution < -0.4 is 0 Å². The molecule has 0 radical (unpaired) electrons. The van der Waals surface area contributed by atoms with Crippen molar-refractivity contribution < 1.29 is 18.0 Å². The Morgan fingerprint density at radius 2 is 1.95 bits per heavy atom. The quantitative estimate of drug-likeness (QED) is 0.678. The van der Waals surface area contributed by atoms with Crippen LogP contribution in [0.25, 0.3) is 0 Å². The molecule has 0 spiro atoms. The zero-order chi connectivity index (χ0) is 14.3. The first-order valence-corrected chi connectivity index (χ1v) is 8.21. The zero-order valence-electron chi connectivity index (χ0n) is 11.6. The van der Waals surface area contributed by atoms with E-state index in [1.165, 1.54) is 0 Å². The van der Waals surface area contributed by atoms with Crippen LogP contribution in [-0.4, -0.2) is 13.2 Å². The van der Waals surface area contributed by atoms with E-state index < -0.39 is 7.60 Å². The second-order valence-electron chi connectivity index (χ2n) is 4.03. The van der Waals surface area contributed by atoms with Gasteiger partial charge in [0.25, 0.3) is 0 Å². The van der Waals surface area contributed by atoms with Gasteiger partial charge in [-0.25, -0.2) is 0 Å². The average Bonchev–Trinajstić information content (AvgIpc) is 2.72. The van der Waals surface area contributed by atoms with Crippen LogP contribution in [0.2, 0.25) is 0 Å². The molecule has 0 N–H and O–H groups in total. The van der Waals surface area contributed by atoms with Gasteiger partial charge < -0.3 is 13.5 Å². The second-order valence-corrected chi connectivity index (χ2v) is 6.08. The fourth-order valence-electron chi connectivity index (χ4n) is 1.82. The summed E-state index contributed by atoms with van der Waals surface area (Å²) in [6.45, 7) is 6.21. The van der Waals surface area contributed by atoms with Crippen LogP contribution in [0.5, 0.6) is 0 Å². The van der Waals surface area contributed by atoms with Crippen molar-refractivity contribution in [3.63, 3.8) is 0 Å². The topological polar surface area (TPSA) is 72.5 Å². The summed E-state index contributed by atoms with van der Waals surface area (Å²) >= 11 is 0. The number of furan rings is 1. The maximum absolute atomic E-state index is 12.5. The second kappa shape index (κ2) is 7.49. The number of nitriles is 1. The minimum absolute atomic E-state index is 0.148. The van der Waals surface area contributed by atoms with Gasteiger partial charge in [0.15, 0.2) is 0 Å². The molecule has 0 fully saturated rings. The van der Waals surface area contributed by atoms with Gasteiger partial charge in [-0.3, -0.25) is 4.57 Å². The first kappa shape index (κ1) is 16.0. The molecular formula is C13H20NO4P. The molecule has 0 amide bonds. The van der Waals surface area contributed by atoms with Crippen molar-refractivity contribution in [1.82, 2.24) is 0 Å². The number of nitrogens with zero attached hydrogens (tertiary/aromatic N) is 1. The van der Waals surface area contributed by atoms with Gasteiger partial charge >= 0.3 is 7.60 Å². The maximum Gasteiger partial charge on any atom is 0.335 e. The third-order valence-electron chi connectivity index (χ3n) is 2.50. The van der Waals surface area contributed by atoms with Crippen LogP contribution in [0.4, 0.5) is 0 Å². The Morgan fingerprint density at radius 1 is 1.32 bits per heavy atom. The van der Waals surface area contributed by atoms with Crippen molar-refractivity contribution >= 4 is 7.60 Å². The lowest BCUT2D eigenvalue weighted by atomic mass is 10.2. The summed E-state index contributed by atoms with van der Waals surface area (Å²) in [5.41, 5.74) is 0.739. The maximum atomic E-state index is 12.5. The molecule has 0 saturated heterocycles. The molecule has 1 aromatic heterocycles. The lowest BCUT2D eigenvalue weighted by Gasteiger charge is -2.16. The molecule has 6 heteroatoms. The Hall–Kier alpha value is -1.08. The summed E-state index contributed by atoms with van der Waals surface area (Å²) in [5.74, 6) is 0.927. The first-order valence-electron chi connectivity index (χ1n) is 6.48. The van der Waals surface area contributed by atoms with Gasteiger partial charge in [-0.1, -0.05) is 6.92 Å². The Labute approximate surface area is 114 Å². The molecule has 0 atom stereocenters.